The number of rotatable bonds is 15. The fourth-order valence-corrected chi connectivity index (χ4v) is 16.5. The molecular formula is C26H61N6OP2S+. The van der Waals surface area contributed by atoms with Gasteiger partial charge in [-0.25, -0.2) is 0 Å². The van der Waals surface area contributed by atoms with Crippen molar-refractivity contribution in [2.75, 3.05) is 6.66 Å². The van der Waals surface area contributed by atoms with Crippen molar-refractivity contribution in [2.24, 2.45) is 0 Å². The topological polar surface area (TPSA) is 54.1 Å². The molecule has 0 atom stereocenters. The second kappa shape index (κ2) is 14.7. The van der Waals surface area contributed by atoms with Crippen LogP contribution in [0.1, 0.15) is 111 Å². The molecule has 0 saturated heterocycles. The maximum atomic E-state index is 14.4. The van der Waals surface area contributed by atoms with Crippen LogP contribution < -0.4 is 10.6 Å². The molecule has 0 spiro atoms. The van der Waals surface area contributed by atoms with Crippen molar-refractivity contribution in [3.05, 3.63) is 0 Å². The van der Waals surface area contributed by atoms with Crippen molar-refractivity contribution in [3.63, 3.8) is 0 Å². The van der Waals surface area contributed by atoms with E-state index in [2.05, 4.69) is 147 Å². The van der Waals surface area contributed by atoms with Gasteiger partial charge in [-0.1, -0.05) is 17.0 Å². The van der Waals surface area contributed by atoms with E-state index in [1.54, 1.807) is 0 Å². The molecule has 0 aliphatic rings. The lowest BCUT2D eigenvalue weighted by Gasteiger charge is -2.50. The van der Waals surface area contributed by atoms with E-state index >= 15 is 0 Å². The normalized spacial score (nSPS) is 14.2. The number of carbonyl (C=O) groups excluding carboxylic acids is 1. The van der Waals surface area contributed by atoms with Gasteiger partial charge in [-0.3, -0.25) is 19.6 Å². The predicted molar refractivity (Wildman–Crippen MR) is 167 cm³/mol. The molecule has 0 bridgehead atoms. The Morgan fingerprint density at radius 2 is 0.833 bits per heavy atom. The Balaban J connectivity index is 6.85. The summed E-state index contributed by atoms with van der Waals surface area (Å²) in [4.78, 5) is 14.4. The minimum absolute atomic E-state index is 0.0755. The third kappa shape index (κ3) is 8.18. The van der Waals surface area contributed by atoms with Crippen molar-refractivity contribution in [1.29, 1.82) is 0 Å². The maximum Gasteiger partial charge on any atom is 0.296 e. The van der Waals surface area contributed by atoms with Gasteiger partial charge in [0.1, 0.15) is 0 Å². The van der Waals surface area contributed by atoms with Crippen LogP contribution >= 0.6 is 14.1 Å². The molecule has 0 aromatic rings. The highest BCUT2D eigenvalue weighted by molar-refractivity contribution is 8.20. The SMILES string of the molecule is CC(C)N(C(C)C)P(=S)(C(=O)NN[P+](C)(N(C(C)C)C(C)C)N(C(C)C)C(C)C)N(C(C)C)C(C)C. The molecule has 36 heavy (non-hydrogen) atoms. The van der Waals surface area contributed by atoms with Gasteiger partial charge in [0, 0.05) is 48.3 Å². The molecule has 0 fully saturated rings. The van der Waals surface area contributed by atoms with Crippen molar-refractivity contribution in [3.8, 4) is 0 Å². The first-order chi connectivity index (χ1) is 16.2. The molecular weight excluding hydrogens is 506 g/mol. The standard InChI is InChI=1S/C26H60N6OP2S/c1-18(2)29(19(3)4)34(17,30(20(5)6)21(7)8)28-27-26(33)35(36,31(22(9)10)23(11)12)32(24(13)14)25(15)16/h18-25H,1-17H3,(H-,27,28,33,36)/p+1. The average molecular weight is 568 g/mol. The monoisotopic (exact) mass is 567 g/mol. The summed E-state index contributed by atoms with van der Waals surface area (Å²) in [5, 5.41) is 3.66. The zero-order valence-corrected chi connectivity index (χ0v) is 29.2. The number of nitrogens with one attached hydrogen (secondary N) is 2. The smallest absolute Gasteiger partial charge is 0.264 e. The quantitative estimate of drug-likeness (QED) is 0.158. The van der Waals surface area contributed by atoms with Crippen LogP contribution in [0.25, 0.3) is 0 Å². The predicted octanol–water partition coefficient (Wildman–Crippen LogP) is 7.38. The summed E-state index contributed by atoms with van der Waals surface area (Å²) in [7, 11) is -2.17. The van der Waals surface area contributed by atoms with Gasteiger partial charge in [0.15, 0.2) is 6.34 Å². The molecule has 0 rings (SSSR count). The minimum atomic E-state index is -2.83. The fraction of sp³-hybridized carbons (Fsp3) is 0.962. The van der Waals surface area contributed by atoms with Gasteiger partial charge < -0.3 is 0 Å². The molecule has 1 amide bonds. The fourth-order valence-electron chi connectivity index (χ4n) is 6.23. The molecule has 0 aromatic carbocycles. The van der Waals surface area contributed by atoms with E-state index in [1.165, 1.54) is 0 Å². The Labute approximate surface area is 231 Å². The lowest BCUT2D eigenvalue weighted by Crippen LogP contribution is -2.57. The number of hydrogen-bond acceptors (Lipinski definition) is 5. The highest BCUT2D eigenvalue weighted by atomic mass is 32.4. The summed E-state index contributed by atoms with van der Waals surface area (Å²) in [6.45, 7) is 37.4. The second-order valence-corrected chi connectivity index (χ2v) is 19.2. The van der Waals surface area contributed by atoms with Crippen LogP contribution in [0.4, 0.5) is 4.79 Å². The Morgan fingerprint density at radius 3 is 1.03 bits per heavy atom. The Kier molecular flexibility index (Phi) is 14.8. The van der Waals surface area contributed by atoms with Crippen LogP contribution in [0, 0.1) is 0 Å². The molecule has 0 aliphatic heterocycles. The molecule has 0 aromatic heterocycles. The first-order valence-corrected chi connectivity index (χ1v) is 18.7. The van der Waals surface area contributed by atoms with Gasteiger partial charge in [0.25, 0.3) is 5.65 Å². The first kappa shape index (κ1) is 36.4. The highest BCUT2D eigenvalue weighted by Crippen LogP contribution is 2.63. The summed E-state index contributed by atoms with van der Waals surface area (Å²) in [6, 6.07) is 1.81. The zero-order chi connectivity index (χ0) is 28.9. The molecule has 216 valence electrons. The second-order valence-electron chi connectivity index (χ2n) is 12.3. The van der Waals surface area contributed by atoms with E-state index in [9.17, 15) is 4.79 Å². The molecule has 0 unspecified atom stereocenters. The Bertz CT molecular complexity index is 651. The van der Waals surface area contributed by atoms with E-state index in [0.29, 0.717) is 24.2 Å². The summed E-state index contributed by atoms with van der Waals surface area (Å²) in [5.74, 6) is 0. The highest BCUT2D eigenvalue weighted by Gasteiger charge is 2.53. The van der Waals surface area contributed by atoms with Crippen LogP contribution in [0.2, 0.25) is 0 Å². The van der Waals surface area contributed by atoms with Gasteiger partial charge in [0.05, 0.1) is 6.66 Å². The van der Waals surface area contributed by atoms with E-state index < -0.39 is 14.1 Å². The van der Waals surface area contributed by atoms with E-state index in [4.69, 9.17) is 11.8 Å². The van der Waals surface area contributed by atoms with Crippen molar-refractivity contribution in [2.45, 2.75) is 159 Å². The molecule has 0 radical (unpaired) electrons. The number of hydrazine groups is 1. The van der Waals surface area contributed by atoms with Crippen molar-refractivity contribution < 1.29 is 4.79 Å². The summed E-state index contributed by atoms with van der Waals surface area (Å²) in [5.41, 5.74) is 3.19. The van der Waals surface area contributed by atoms with Crippen LogP contribution in [-0.2, 0) is 11.8 Å². The van der Waals surface area contributed by atoms with E-state index in [1.807, 2.05) is 0 Å². The number of nitrogens with zero attached hydrogens (tertiary/aromatic N) is 4. The van der Waals surface area contributed by atoms with Gasteiger partial charge >= 0.3 is 0 Å². The van der Waals surface area contributed by atoms with Crippen LogP contribution in [0.3, 0.4) is 0 Å². The third-order valence-electron chi connectivity index (χ3n) is 6.40. The van der Waals surface area contributed by atoms with Crippen molar-refractivity contribution in [1.82, 2.24) is 29.3 Å². The Morgan fingerprint density at radius 1 is 0.583 bits per heavy atom. The molecule has 7 nitrogen and oxygen atoms in total. The summed E-state index contributed by atoms with van der Waals surface area (Å²) < 4.78 is 9.64. The van der Waals surface area contributed by atoms with Crippen molar-refractivity contribution >= 4 is 31.5 Å². The minimum Gasteiger partial charge on any atom is -0.264 e. The molecule has 2 N–H and O–H groups in total. The van der Waals surface area contributed by atoms with Crippen LogP contribution in [0.15, 0.2) is 0 Å². The van der Waals surface area contributed by atoms with Gasteiger partial charge in [-0.2, -0.15) is 0 Å². The average Bonchev–Trinajstić information content (AvgIpc) is 2.63. The molecule has 0 aliphatic carbocycles. The lowest BCUT2D eigenvalue weighted by atomic mass is 10.3. The molecule has 0 saturated carbocycles. The van der Waals surface area contributed by atoms with E-state index in [-0.39, 0.29) is 29.8 Å². The zero-order valence-electron chi connectivity index (χ0n) is 26.6. The Hall–Kier alpha value is 0.350. The first-order valence-electron chi connectivity index (χ1n) is 13.9. The van der Waals surface area contributed by atoms with Crippen LogP contribution in [-0.4, -0.2) is 79.3 Å². The third-order valence-corrected chi connectivity index (χ3v) is 15.9. The summed E-state index contributed by atoms with van der Waals surface area (Å²) >= 11 is 6.49. The number of carbonyl (C=O) groups is 1. The van der Waals surface area contributed by atoms with Gasteiger partial charge in [0.2, 0.25) is 7.71 Å². The number of amides is 1. The number of hydrogen-bond donors (Lipinski definition) is 2. The van der Waals surface area contributed by atoms with E-state index in [0.717, 1.165) is 0 Å². The maximum absolute atomic E-state index is 14.4. The van der Waals surface area contributed by atoms with Crippen LogP contribution in [0.5, 0.6) is 0 Å². The molecule has 10 heteroatoms. The largest absolute Gasteiger partial charge is 0.296 e. The lowest BCUT2D eigenvalue weighted by molar-refractivity contribution is 0.226. The summed E-state index contributed by atoms with van der Waals surface area (Å²) in [6.07, 6.45) is -2.83. The molecule has 0 heterocycles. The van der Waals surface area contributed by atoms with Gasteiger partial charge in [-0.15, -0.1) is 9.34 Å². The van der Waals surface area contributed by atoms with Gasteiger partial charge in [-0.05, 0) is 111 Å².